The zero-order valence-electron chi connectivity index (χ0n) is 15.4. The normalized spacial score (nSPS) is 29.9. The van der Waals surface area contributed by atoms with Crippen LogP contribution in [-0.4, -0.2) is 72.6 Å². The first-order chi connectivity index (χ1) is 11.8. The van der Waals surface area contributed by atoms with Crippen LogP contribution in [0.1, 0.15) is 51.4 Å². The molecule has 0 amide bonds. The van der Waals surface area contributed by atoms with Gasteiger partial charge in [-0.3, -0.25) is 9.89 Å². The molecule has 24 heavy (non-hydrogen) atoms. The van der Waals surface area contributed by atoms with Crippen molar-refractivity contribution in [2.24, 2.45) is 10.4 Å². The number of guanidine groups is 1. The predicted octanol–water partition coefficient (Wildman–Crippen LogP) is 2.80. The predicted molar refractivity (Wildman–Crippen MR) is 104 cm³/mol. The highest BCUT2D eigenvalue weighted by Crippen LogP contribution is 2.48. The lowest BCUT2D eigenvalue weighted by molar-refractivity contribution is 0.106. The van der Waals surface area contributed by atoms with Crippen molar-refractivity contribution in [1.29, 1.82) is 0 Å². The number of rotatable bonds is 3. The molecule has 2 saturated heterocycles. The number of thioether (sulfide) groups is 1. The molecule has 0 aromatic heterocycles. The summed E-state index contributed by atoms with van der Waals surface area (Å²) in [5.74, 6) is 3.78. The number of nitrogens with zero attached hydrogens (tertiary/aromatic N) is 3. The summed E-state index contributed by atoms with van der Waals surface area (Å²) >= 11 is 2.12. The van der Waals surface area contributed by atoms with Crippen molar-refractivity contribution in [3.05, 3.63) is 0 Å². The molecule has 4 aliphatic rings. The molecule has 4 nitrogen and oxygen atoms in total. The molecule has 0 aromatic carbocycles. The molecular formula is C19H34N4S. The van der Waals surface area contributed by atoms with Crippen LogP contribution in [0.3, 0.4) is 0 Å². The molecule has 4 fully saturated rings. The van der Waals surface area contributed by atoms with Gasteiger partial charge in [0.2, 0.25) is 0 Å². The van der Waals surface area contributed by atoms with E-state index in [1.807, 2.05) is 7.05 Å². The summed E-state index contributed by atoms with van der Waals surface area (Å²) in [6.45, 7) is 6.08. The zero-order valence-corrected chi connectivity index (χ0v) is 16.2. The molecule has 4 rings (SSSR count). The fourth-order valence-corrected chi connectivity index (χ4v) is 6.36. The van der Waals surface area contributed by atoms with Crippen molar-refractivity contribution in [3.8, 4) is 0 Å². The number of hydrogen-bond donors (Lipinski definition) is 1. The molecule has 5 heteroatoms. The van der Waals surface area contributed by atoms with Crippen LogP contribution in [0.4, 0.5) is 0 Å². The van der Waals surface area contributed by atoms with Crippen LogP contribution in [0.15, 0.2) is 4.99 Å². The summed E-state index contributed by atoms with van der Waals surface area (Å²) in [5, 5.41) is 3.80. The second kappa shape index (κ2) is 7.06. The Morgan fingerprint density at radius 3 is 2.33 bits per heavy atom. The maximum absolute atomic E-state index is 4.64. The van der Waals surface area contributed by atoms with Gasteiger partial charge >= 0.3 is 0 Å². The minimum atomic E-state index is 0.394. The molecule has 0 unspecified atom stereocenters. The molecule has 0 atom stereocenters. The zero-order chi connectivity index (χ0) is 16.5. The maximum atomic E-state index is 4.64. The largest absolute Gasteiger partial charge is 0.354 e. The van der Waals surface area contributed by atoms with E-state index in [1.165, 1.54) is 89.1 Å². The summed E-state index contributed by atoms with van der Waals surface area (Å²) < 4.78 is 0. The highest BCUT2D eigenvalue weighted by Gasteiger charge is 2.44. The third kappa shape index (κ3) is 3.18. The van der Waals surface area contributed by atoms with E-state index in [1.54, 1.807) is 0 Å². The van der Waals surface area contributed by atoms with Gasteiger partial charge < -0.3 is 10.2 Å². The van der Waals surface area contributed by atoms with E-state index in [2.05, 4.69) is 31.9 Å². The molecule has 0 bridgehead atoms. The molecule has 2 heterocycles. The Morgan fingerprint density at radius 2 is 1.75 bits per heavy atom. The maximum Gasteiger partial charge on any atom is 0.193 e. The second-order valence-electron chi connectivity index (χ2n) is 8.46. The lowest BCUT2D eigenvalue weighted by atomic mass is 9.68. The Kier molecular flexibility index (Phi) is 5.01. The SMILES string of the molecule is CN=C(NCC1(N2CCSCC2)CCCC1)N1CCC2(CCC2)C1. The Bertz CT molecular complexity index is 462. The number of aliphatic imine (C=N–C) groups is 1. The summed E-state index contributed by atoms with van der Waals surface area (Å²) in [5.41, 5.74) is 1.04. The van der Waals surface area contributed by atoms with Crippen LogP contribution in [0.25, 0.3) is 0 Å². The Hall–Kier alpha value is -0.420. The Labute approximate surface area is 151 Å². The molecule has 2 saturated carbocycles. The first-order valence-electron chi connectivity index (χ1n) is 10.0. The average molecular weight is 351 g/mol. The van der Waals surface area contributed by atoms with E-state index in [0.29, 0.717) is 11.0 Å². The van der Waals surface area contributed by atoms with E-state index < -0.39 is 0 Å². The molecular weight excluding hydrogens is 316 g/mol. The molecule has 2 aliphatic carbocycles. The van der Waals surface area contributed by atoms with Crippen molar-refractivity contribution < 1.29 is 0 Å². The van der Waals surface area contributed by atoms with Gasteiger partial charge in [0.15, 0.2) is 5.96 Å². The van der Waals surface area contributed by atoms with Crippen molar-refractivity contribution in [2.75, 3.05) is 51.3 Å². The first kappa shape index (κ1) is 17.0. The van der Waals surface area contributed by atoms with Gasteiger partial charge in [-0.2, -0.15) is 11.8 Å². The highest BCUT2D eigenvalue weighted by molar-refractivity contribution is 7.99. The van der Waals surface area contributed by atoms with Crippen molar-refractivity contribution in [2.45, 2.75) is 56.9 Å². The number of hydrogen-bond acceptors (Lipinski definition) is 3. The first-order valence-corrected chi connectivity index (χ1v) is 11.2. The van der Waals surface area contributed by atoms with Gasteiger partial charge in [0.25, 0.3) is 0 Å². The van der Waals surface area contributed by atoms with Crippen molar-refractivity contribution >= 4 is 17.7 Å². The van der Waals surface area contributed by atoms with Gasteiger partial charge in [-0.25, -0.2) is 0 Å². The van der Waals surface area contributed by atoms with Crippen molar-refractivity contribution in [1.82, 2.24) is 15.1 Å². The van der Waals surface area contributed by atoms with E-state index >= 15 is 0 Å². The molecule has 0 aromatic rings. The fraction of sp³-hybridized carbons (Fsp3) is 0.947. The van der Waals surface area contributed by atoms with Crippen LogP contribution in [0, 0.1) is 5.41 Å². The van der Waals surface area contributed by atoms with E-state index in [9.17, 15) is 0 Å². The topological polar surface area (TPSA) is 30.9 Å². The summed E-state index contributed by atoms with van der Waals surface area (Å²) in [7, 11) is 1.97. The highest BCUT2D eigenvalue weighted by atomic mass is 32.2. The van der Waals surface area contributed by atoms with Crippen LogP contribution in [0.2, 0.25) is 0 Å². The van der Waals surface area contributed by atoms with Gasteiger partial charge in [-0.05, 0) is 37.5 Å². The third-order valence-electron chi connectivity index (χ3n) is 7.16. The van der Waals surface area contributed by atoms with Crippen LogP contribution in [0.5, 0.6) is 0 Å². The molecule has 136 valence electrons. The van der Waals surface area contributed by atoms with E-state index in [0.717, 1.165) is 12.5 Å². The Morgan fingerprint density at radius 1 is 1.00 bits per heavy atom. The smallest absolute Gasteiger partial charge is 0.193 e. The van der Waals surface area contributed by atoms with E-state index in [-0.39, 0.29) is 0 Å². The van der Waals surface area contributed by atoms with Crippen molar-refractivity contribution in [3.63, 3.8) is 0 Å². The third-order valence-corrected chi connectivity index (χ3v) is 8.10. The van der Waals surface area contributed by atoms with Gasteiger partial charge in [0.05, 0.1) is 0 Å². The lowest BCUT2D eigenvalue weighted by Gasteiger charge is -2.44. The summed E-state index contributed by atoms with van der Waals surface area (Å²) in [4.78, 5) is 9.98. The second-order valence-corrected chi connectivity index (χ2v) is 9.68. The molecule has 1 N–H and O–H groups in total. The quantitative estimate of drug-likeness (QED) is 0.626. The molecule has 2 aliphatic heterocycles. The molecule has 1 spiro atoms. The minimum absolute atomic E-state index is 0.394. The van der Waals surface area contributed by atoms with Crippen LogP contribution in [-0.2, 0) is 0 Å². The molecule has 0 radical (unpaired) electrons. The van der Waals surface area contributed by atoms with Gasteiger partial charge in [0, 0.05) is 56.8 Å². The van der Waals surface area contributed by atoms with Gasteiger partial charge in [-0.1, -0.05) is 19.3 Å². The lowest BCUT2D eigenvalue weighted by Crippen LogP contribution is -2.58. The van der Waals surface area contributed by atoms with E-state index in [4.69, 9.17) is 0 Å². The summed E-state index contributed by atoms with van der Waals surface area (Å²) in [6.07, 6.45) is 11.2. The monoisotopic (exact) mass is 350 g/mol. The van der Waals surface area contributed by atoms with Crippen LogP contribution < -0.4 is 5.32 Å². The number of nitrogens with one attached hydrogen (secondary N) is 1. The summed E-state index contributed by atoms with van der Waals surface area (Å²) in [6, 6.07) is 0. The van der Waals surface area contributed by atoms with Gasteiger partial charge in [0.1, 0.15) is 0 Å². The average Bonchev–Trinajstić information content (AvgIpc) is 3.24. The number of likely N-dealkylation sites (tertiary alicyclic amines) is 1. The minimum Gasteiger partial charge on any atom is -0.354 e. The Balaban J connectivity index is 1.38. The fourth-order valence-electron chi connectivity index (χ4n) is 5.45. The standard InChI is InChI=1S/C19H34N4S/c1-20-17(22-10-9-18(16-22)5-4-6-18)21-15-19(7-2-3-8-19)23-11-13-24-14-12-23/h2-16H2,1H3,(H,20,21). The van der Waals surface area contributed by atoms with Crippen LogP contribution >= 0.6 is 11.8 Å². The van der Waals surface area contributed by atoms with Gasteiger partial charge in [-0.15, -0.1) is 0 Å².